The number of para-hydroxylation sites is 1. The highest BCUT2D eigenvalue weighted by molar-refractivity contribution is 5.94. The fraction of sp³-hybridized carbons (Fsp3) is 0.474. The molecule has 1 saturated heterocycles. The molecule has 4 rings (SSSR count). The number of aromatic nitrogens is 2. The van der Waals surface area contributed by atoms with Gasteiger partial charge in [0, 0.05) is 37.1 Å². The lowest BCUT2D eigenvalue weighted by atomic mass is 10.0. The van der Waals surface area contributed by atoms with Crippen LogP contribution in [0.1, 0.15) is 41.4 Å². The van der Waals surface area contributed by atoms with Gasteiger partial charge in [-0.1, -0.05) is 18.2 Å². The van der Waals surface area contributed by atoms with E-state index in [2.05, 4.69) is 36.0 Å². The van der Waals surface area contributed by atoms with Gasteiger partial charge in [0.15, 0.2) is 0 Å². The Labute approximate surface area is 142 Å². The first-order valence-corrected chi connectivity index (χ1v) is 8.74. The van der Waals surface area contributed by atoms with Crippen LogP contribution in [0, 0.1) is 13.8 Å². The van der Waals surface area contributed by atoms with E-state index in [9.17, 15) is 4.79 Å². The number of nitrogens with zero attached hydrogens (tertiary/aromatic N) is 4. The van der Waals surface area contributed by atoms with Gasteiger partial charge >= 0.3 is 6.03 Å². The van der Waals surface area contributed by atoms with Crippen molar-refractivity contribution in [2.45, 2.75) is 39.2 Å². The summed E-state index contributed by atoms with van der Waals surface area (Å²) in [6.45, 7) is 5.76. The van der Waals surface area contributed by atoms with Crippen LogP contribution in [-0.2, 0) is 13.5 Å². The Balaban J connectivity index is 1.65. The molecule has 0 spiro atoms. The molecule has 1 fully saturated rings. The first-order chi connectivity index (χ1) is 11.6. The lowest BCUT2D eigenvalue weighted by Gasteiger charge is -2.30. The van der Waals surface area contributed by atoms with Crippen molar-refractivity contribution in [2.75, 3.05) is 18.0 Å². The first kappa shape index (κ1) is 15.2. The number of benzene rings is 1. The maximum Gasteiger partial charge on any atom is 0.325 e. The van der Waals surface area contributed by atoms with Gasteiger partial charge in [-0.2, -0.15) is 5.10 Å². The van der Waals surface area contributed by atoms with Crippen LogP contribution in [0.25, 0.3) is 0 Å². The molecule has 1 atom stereocenters. The zero-order valence-corrected chi connectivity index (χ0v) is 14.6. The van der Waals surface area contributed by atoms with Gasteiger partial charge in [-0.05, 0) is 44.7 Å². The lowest BCUT2D eigenvalue weighted by Crippen LogP contribution is -2.42. The van der Waals surface area contributed by atoms with E-state index >= 15 is 0 Å². The minimum atomic E-state index is 0.144. The van der Waals surface area contributed by atoms with Gasteiger partial charge in [0.1, 0.15) is 0 Å². The van der Waals surface area contributed by atoms with Gasteiger partial charge in [-0.25, -0.2) is 4.79 Å². The van der Waals surface area contributed by atoms with Gasteiger partial charge in [0.05, 0.1) is 11.7 Å². The Morgan fingerprint density at radius 1 is 1.21 bits per heavy atom. The molecule has 2 aliphatic rings. The van der Waals surface area contributed by atoms with Crippen LogP contribution >= 0.6 is 0 Å². The van der Waals surface area contributed by atoms with Crippen LogP contribution in [0.2, 0.25) is 0 Å². The molecule has 0 aliphatic carbocycles. The molecule has 126 valence electrons. The second-order valence-electron chi connectivity index (χ2n) is 6.87. The molecule has 1 aromatic heterocycles. The molecule has 1 unspecified atom stereocenters. The van der Waals surface area contributed by atoms with Crippen molar-refractivity contribution in [1.29, 1.82) is 0 Å². The minimum Gasteiger partial charge on any atom is -0.317 e. The molecule has 2 aromatic rings. The Bertz CT molecular complexity index is 795. The van der Waals surface area contributed by atoms with Gasteiger partial charge in [-0.15, -0.1) is 0 Å². The van der Waals surface area contributed by atoms with E-state index in [-0.39, 0.29) is 12.1 Å². The number of urea groups is 1. The highest BCUT2D eigenvalue weighted by Crippen LogP contribution is 2.38. The third-order valence-electron chi connectivity index (χ3n) is 5.51. The summed E-state index contributed by atoms with van der Waals surface area (Å²) in [4.78, 5) is 17.3. The number of hydrogen-bond donors (Lipinski definition) is 0. The highest BCUT2D eigenvalue weighted by Gasteiger charge is 2.37. The quantitative estimate of drug-likeness (QED) is 0.807. The maximum atomic E-state index is 13.2. The molecule has 24 heavy (non-hydrogen) atoms. The zero-order valence-electron chi connectivity index (χ0n) is 14.6. The summed E-state index contributed by atoms with van der Waals surface area (Å²) < 4.78 is 1.93. The smallest absolute Gasteiger partial charge is 0.317 e. The number of carbonyl (C=O) groups excluding carboxylic acids is 1. The normalized spacial score (nSPS) is 19.9. The molecule has 2 aliphatic heterocycles. The molecule has 5 nitrogen and oxygen atoms in total. The Hall–Kier alpha value is -2.30. The number of likely N-dealkylation sites (tertiary alicyclic amines) is 1. The number of amides is 2. The van der Waals surface area contributed by atoms with E-state index in [0.717, 1.165) is 43.7 Å². The summed E-state index contributed by atoms with van der Waals surface area (Å²) in [6, 6.07) is 8.55. The largest absolute Gasteiger partial charge is 0.325 e. The summed E-state index contributed by atoms with van der Waals surface area (Å²) in [7, 11) is 1.98. The summed E-state index contributed by atoms with van der Waals surface area (Å²) in [5.41, 5.74) is 5.79. The summed E-state index contributed by atoms with van der Waals surface area (Å²) in [6.07, 6.45) is 3.03. The number of hydrogen-bond acceptors (Lipinski definition) is 2. The summed E-state index contributed by atoms with van der Waals surface area (Å²) >= 11 is 0. The monoisotopic (exact) mass is 324 g/mol. The van der Waals surface area contributed by atoms with Crippen molar-refractivity contribution in [3.05, 3.63) is 46.8 Å². The van der Waals surface area contributed by atoms with Crippen molar-refractivity contribution in [3.8, 4) is 0 Å². The summed E-state index contributed by atoms with van der Waals surface area (Å²) in [5, 5.41) is 4.55. The van der Waals surface area contributed by atoms with Gasteiger partial charge in [0.2, 0.25) is 0 Å². The van der Waals surface area contributed by atoms with Crippen LogP contribution in [0.3, 0.4) is 0 Å². The predicted octanol–water partition coefficient (Wildman–Crippen LogP) is 3.36. The number of rotatable bonds is 1. The van der Waals surface area contributed by atoms with Gasteiger partial charge < -0.3 is 4.90 Å². The fourth-order valence-corrected chi connectivity index (χ4v) is 4.26. The van der Waals surface area contributed by atoms with E-state index < -0.39 is 0 Å². The average molecular weight is 324 g/mol. The molecule has 2 amide bonds. The Morgan fingerprint density at radius 3 is 2.75 bits per heavy atom. The molecule has 0 bridgehead atoms. The average Bonchev–Trinajstić information content (AvgIpc) is 3.26. The van der Waals surface area contributed by atoms with E-state index in [4.69, 9.17) is 0 Å². The molecule has 0 radical (unpaired) electrons. The van der Waals surface area contributed by atoms with Crippen molar-refractivity contribution in [3.63, 3.8) is 0 Å². The van der Waals surface area contributed by atoms with Crippen molar-refractivity contribution < 1.29 is 4.79 Å². The highest BCUT2D eigenvalue weighted by atomic mass is 16.2. The molecular formula is C19H24N4O. The van der Waals surface area contributed by atoms with E-state index in [1.54, 1.807) is 0 Å². The Kier molecular flexibility index (Phi) is 3.59. The van der Waals surface area contributed by atoms with Crippen molar-refractivity contribution in [2.24, 2.45) is 7.05 Å². The molecule has 3 heterocycles. The lowest BCUT2D eigenvalue weighted by molar-refractivity contribution is 0.200. The molecule has 5 heteroatoms. The Morgan fingerprint density at radius 2 is 2.00 bits per heavy atom. The number of aryl methyl sites for hydroxylation is 2. The molecule has 1 aromatic carbocycles. The number of fused-ring (bicyclic) bond motifs is 1. The second kappa shape index (κ2) is 5.65. The van der Waals surface area contributed by atoms with E-state index in [1.807, 2.05) is 28.8 Å². The fourth-order valence-electron chi connectivity index (χ4n) is 4.26. The number of carbonyl (C=O) groups is 1. The SMILES string of the molecule is Cc1nn(C)c(C)c1C1CCCN1C(=O)N1CCc2ccccc21. The minimum absolute atomic E-state index is 0.144. The topological polar surface area (TPSA) is 41.4 Å². The van der Waals surface area contributed by atoms with Crippen molar-refractivity contribution in [1.82, 2.24) is 14.7 Å². The van der Waals surface area contributed by atoms with E-state index in [1.165, 1.54) is 16.8 Å². The third-order valence-corrected chi connectivity index (χ3v) is 5.51. The van der Waals surface area contributed by atoms with Gasteiger partial charge in [-0.3, -0.25) is 9.58 Å². The van der Waals surface area contributed by atoms with Crippen LogP contribution in [0.4, 0.5) is 10.5 Å². The van der Waals surface area contributed by atoms with Crippen LogP contribution in [0.15, 0.2) is 24.3 Å². The summed E-state index contributed by atoms with van der Waals surface area (Å²) in [5.74, 6) is 0. The molecule has 0 N–H and O–H groups in total. The standard InChI is InChI=1S/C19H24N4O/c1-13-18(14(2)21(3)20-13)17-9-6-11-22(17)19(24)23-12-10-15-7-4-5-8-16(15)23/h4-5,7-8,17H,6,9-12H2,1-3H3. The second-order valence-corrected chi connectivity index (χ2v) is 6.87. The third kappa shape index (κ3) is 2.22. The maximum absolute atomic E-state index is 13.2. The van der Waals surface area contributed by atoms with Crippen molar-refractivity contribution >= 4 is 11.7 Å². The zero-order chi connectivity index (χ0) is 16.8. The van der Waals surface area contributed by atoms with Gasteiger partial charge in [0.25, 0.3) is 0 Å². The van der Waals surface area contributed by atoms with E-state index in [0.29, 0.717) is 0 Å². The van der Waals surface area contributed by atoms with Crippen LogP contribution in [-0.4, -0.2) is 33.8 Å². The first-order valence-electron chi connectivity index (χ1n) is 8.74. The van der Waals surface area contributed by atoms with Crippen LogP contribution < -0.4 is 4.90 Å². The molecular weight excluding hydrogens is 300 g/mol. The number of anilines is 1. The molecule has 0 saturated carbocycles. The van der Waals surface area contributed by atoms with Crippen LogP contribution in [0.5, 0.6) is 0 Å². The predicted molar refractivity (Wildman–Crippen MR) is 94.3 cm³/mol.